The van der Waals surface area contributed by atoms with Crippen molar-refractivity contribution in [2.45, 2.75) is 110 Å². The van der Waals surface area contributed by atoms with E-state index >= 15 is 0 Å². The summed E-state index contributed by atoms with van der Waals surface area (Å²) in [4.78, 5) is 11.3. The topological polar surface area (TPSA) is 26.3 Å². The highest BCUT2D eigenvalue weighted by Gasteiger charge is 3.01. The van der Waals surface area contributed by atoms with E-state index in [2.05, 4.69) is 4.74 Å². The number of ether oxygens (including phenoxy) is 1. The molecule has 0 atom stereocenters. The highest BCUT2D eigenvalue weighted by Crippen LogP contribution is 2.69. The van der Waals surface area contributed by atoms with E-state index in [-0.39, 0.29) is 6.92 Å². The Hall–Kier alpha value is -2.96. The molecule has 322 valence electrons. The Morgan fingerprint density at radius 1 is 0.370 bits per heavy atom. The monoisotopic (exact) mass is 882 g/mol. The molecule has 0 aliphatic heterocycles. The number of hydrogen-bond acceptors (Lipinski definition) is 2. The number of carbonyl (C=O) groups is 1. The van der Waals surface area contributed by atoms with Gasteiger partial charge >= 0.3 is 95.2 Å². The maximum atomic E-state index is 13.9. The largest absolute Gasteiger partial charge is 0.473 e. The summed E-state index contributed by atoms with van der Waals surface area (Å²) in [6.45, 7) is 1.25. The molecule has 0 saturated heterocycles. The number of allylic oxidation sites excluding steroid dienone is 1. The van der Waals surface area contributed by atoms with Crippen molar-refractivity contribution in [1.29, 1.82) is 0 Å². The van der Waals surface area contributed by atoms with Crippen LogP contribution in [0.4, 0.5) is 136 Å². The second-order valence-electron chi connectivity index (χ2n) is 10.2. The van der Waals surface area contributed by atoms with Crippen LogP contribution in [0.1, 0.15) is 20.3 Å². The molecule has 0 amide bonds. The van der Waals surface area contributed by atoms with Gasteiger partial charge < -0.3 is 4.74 Å². The summed E-state index contributed by atoms with van der Waals surface area (Å²) in [7, 11) is 0. The average Bonchev–Trinajstić information content (AvgIpc) is 2.94. The highest BCUT2D eigenvalue weighted by molar-refractivity contribution is 5.87. The minimum absolute atomic E-state index is 0.267. The number of carbonyl (C=O) groups excluding carboxylic acids is 1. The van der Waals surface area contributed by atoms with Crippen molar-refractivity contribution < 1.29 is 146 Å². The van der Waals surface area contributed by atoms with Crippen LogP contribution in [-0.2, 0) is 9.53 Å². The molecule has 0 fully saturated rings. The van der Waals surface area contributed by atoms with Gasteiger partial charge in [-0.3, -0.25) is 0 Å². The van der Waals surface area contributed by atoms with Crippen molar-refractivity contribution in [3.8, 4) is 0 Å². The van der Waals surface area contributed by atoms with Crippen LogP contribution >= 0.6 is 0 Å². The van der Waals surface area contributed by atoms with E-state index in [4.69, 9.17) is 0 Å². The number of halogens is 31. The zero-order valence-electron chi connectivity index (χ0n) is 24.3. The molecule has 0 rings (SSSR count). The standard InChI is InChI=1S/C21H9F31O2/c1-3-4-5(2)6(53)54-21(51,52)19(46,47)17(42,43)15(38,39)13(34,35)11(30,31)9(26,27)7(22,23)8(24,25)10(28,29)12(32,33)14(36,37)16(40,41)18(44,45)20(48,49)50/h4H,3H2,1-2H3. The quantitative estimate of drug-likeness (QED) is 0.0877. The molecule has 0 aromatic carbocycles. The van der Waals surface area contributed by atoms with E-state index < -0.39 is 107 Å². The van der Waals surface area contributed by atoms with Gasteiger partial charge in [0.25, 0.3) is 0 Å². The SMILES string of the molecule is CCC=C(C)C(=O)OC(F)(F)C(F)(F)C(F)(F)C(F)(F)C(F)(F)C(F)(F)C(F)(F)C(F)(F)C(F)(F)C(F)(F)C(F)(F)C(F)(F)C(F)(F)C(F)(F)C(F)(F)F. The van der Waals surface area contributed by atoms with E-state index in [0.717, 1.165) is 6.92 Å². The van der Waals surface area contributed by atoms with Gasteiger partial charge in [0.1, 0.15) is 0 Å². The minimum Gasteiger partial charge on any atom is -0.393 e. The first-order chi connectivity index (χ1) is 22.9. The van der Waals surface area contributed by atoms with Crippen molar-refractivity contribution >= 4 is 5.97 Å². The fourth-order valence-corrected chi connectivity index (χ4v) is 3.18. The molecule has 0 aromatic rings. The summed E-state index contributed by atoms with van der Waals surface area (Å²) >= 11 is 0. The van der Waals surface area contributed by atoms with Crippen molar-refractivity contribution in [1.82, 2.24) is 0 Å². The predicted octanol–water partition coefficient (Wildman–Crippen LogP) is 11.3. The van der Waals surface area contributed by atoms with Gasteiger partial charge in [0.05, 0.1) is 0 Å². The molecular formula is C21H9F31O2. The third kappa shape index (κ3) is 6.21. The van der Waals surface area contributed by atoms with Gasteiger partial charge in [-0.15, -0.1) is 0 Å². The second-order valence-corrected chi connectivity index (χ2v) is 10.2. The lowest BCUT2D eigenvalue weighted by molar-refractivity contribution is -0.492. The Bertz CT molecular complexity index is 1410. The van der Waals surface area contributed by atoms with Gasteiger partial charge in [0.15, 0.2) is 0 Å². The molecule has 0 aliphatic rings. The van der Waals surface area contributed by atoms with Crippen LogP contribution in [0.5, 0.6) is 0 Å². The molecular weight excluding hydrogens is 873 g/mol. The molecule has 0 spiro atoms. The van der Waals surface area contributed by atoms with Crippen molar-refractivity contribution in [2.75, 3.05) is 0 Å². The Morgan fingerprint density at radius 3 is 0.741 bits per heavy atom. The van der Waals surface area contributed by atoms with Crippen molar-refractivity contribution in [2.24, 2.45) is 0 Å². The minimum atomic E-state index is -10.1. The molecule has 0 radical (unpaired) electrons. The third-order valence-corrected chi connectivity index (χ3v) is 6.51. The molecule has 0 N–H and O–H groups in total. The van der Waals surface area contributed by atoms with E-state index in [1.807, 2.05) is 0 Å². The average molecular weight is 882 g/mol. The van der Waals surface area contributed by atoms with E-state index in [0.29, 0.717) is 6.08 Å². The molecule has 0 unspecified atom stereocenters. The van der Waals surface area contributed by atoms with Crippen molar-refractivity contribution in [3.63, 3.8) is 0 Å². The van der Waals surface area contributed by atoms with Crippen LogP contribution in [-0.4, -0.2) is 95.2 Å². The van der Waals surface area contributed by atoms with E-state index in [1.165, 1.54) is 0 Å². The van der Waals surface area contributed by atoms with Gasteiger partial charge in [-0.25, -0.2) is 4.79 Å². The Balaban J connectivity index is 7.61. The molecule has 0 saturated carbocycles. The number of hydrogen-bond donors (Lipinski definition) is 0. The Kier molecular flexibility index (Phi) is 12.3. The normalized spacial score (nSPS) is 16.9. The summed E-state index contributed by atoms with van der Waals surface area (Å²) in [5, 5.41) is 0. The second kappa shape index (κ2) is 13.0. The first-order valence-electron chi connectivity index (χ1n) is 12.1. The van der Waals surface area contributed by atoms with Crippen LogP contribution in [0.3, 0.4) is 0 Å². The lowest BCUT2D eigenvalue weighted by Gasteiger charge is -2.46. The van der Waals surface area contributed by atoms with Crippen LogP contribution in [0.25, 0.3) is 0 Å². The highest BCUT2D eigenvalue weighted by atomic mass is 19.4. The fraction of sp³-hybridized carbons (Fsp3) is 0.857. The zero-order chi connectivity index (χ0) is 44.8. The molecule has 54 heavy (non-hydrogen) atoms. The number of alkyl halides is 31. The Morgan fingerprint density at radius 2 is 0.556 bits per heavy atom. The van der Waals surface area contributed by atoms with Gasteiger partial charge in [-0.2, -0.15) is 136 Å². The summed E-state index contributed by atoms with van der Waals surface area (Å²) in [6.07, 6.45) is -16.2. The molecule has 2 nitrogen and oxygen atoms in total. The maximum Gasteiger partial charge on any atom is 0.473 e. The maximum absolute atomic E-state index is 13.9. The van der Waals surface area contributed by atoms with E-state index in [9.17, 15) is 141 Å². The first-order valence-corrected chi connectivity index (χ1v) is 12.1. The van der Waals surface area contributed by atoms with Gasteiger partial charge in [0.2, 0.25) is 0 Å². The zero-order valence-corrected chi connectivity index (χ0v) is 24.3. The Labute approximate surface area is 274 Å². The number of esters is 1. The summed E-state index contributed by atoms with van der Waals surface area (Å²) in [5.74, 6) is -129. The van der Waals surface area contributed by atoms with Crippen LogP contribution in [0.15, 0.2) is 11.6 Å². The lowest BCUT2D eigenvalue weighted by atomic mass is 9.83. The molecule has 0 aliphatic carbocycles. The summed E-state index contributed by atoms with van der Waals surface area (Å²) < 4.78 is 422. The summed E-state index contributed by atoms with van der Waals surface area (Å²) in [5.41, 5.74) is -1.37. The predicted molar refractivity (Wildman–Crippen MR) is 105 cm³/mol. The number of rotatable bonds is 16. The lowest BCUT2D eigenvalue weighted by Crippen LogP contribution is -2.79. The molecule has 0 aromatic heterocycles. The fourth-order valence-electron chi connectivity index (χ4n) is 3.18. The van der Waals surface area contributed by atoms with Gasteiger partial charge in [0, 0.05) is 5.57 Å². The molecule has 33 heteroatoms. The van der Waals surface area contributed by atoms with Gasteiger partial charge in [-0.05, 0) is 13.3 Å². The van der Waals surface area contributed by atoms with E-state index in [1.54, 1.807) is 0 Å². The molecule has 0 bridgehead atoms. The van der Waals surface area contributed by atoms with Crippen LogP contribution in [0, 0.1) is 0 Å². The smallest absolute Gasteiger partial charge is 0.393 e. The van der Waals surface area contributed by atoms with Crippen LogP contribution < -0.4 is 0 Å². The van der Waals surface area contributed by atoms with Crippen LogP contribution in [0.2, 0.25) is 0 Å². The summed E-state index contributed by atoms with van der Waals surface area (Å²) in [6, 6.07) is 0. The van der Waals surface area contributed by atoms with Crippen molar-refractivity contribution in [3.05, 3.63) is 11.6 Å². The third-order valence-electron chi connectivity index (χ3n) is 6.51. The van der Waals surface area contributed by atoms with Gasteiger partial charge in [-0.1, -0.05) is 13.0 Å². The molecule has 0 heterocycles. The first kappa shape index (κ1) is 51.0.